The fourth-order valence-corrected chi connectivity index (χ4v) is 2.90. The molecule has 134 valence electrons. The van der Waals surface area contributed by atoms with Gasteiger partial charge in [-0.3, -0.25) is 9.59 Å². The second-order valence-corrected chi connectivity index (χ2v) is 6.94. The van der Waals surface area contributed by atoms with Crippen LogP contribution in [0.25, 0.3) is 10.9 Å². The number of rotatable bonds is 5. The Labute approximate surface area is 156 Å². The number of nitrogens with zero attached hydrogens (tertiary/aromatic N) is 2. The van der Waals surface area contributed by atoms with Gasteiger partial charge in [-0.2, -0.15) is 0 Å². The summed E-state index contributed by atoms with van der Waals surface area (Å²) in [6.45, 7) is 4.37. The maximum atomic E-state index is 12.6. The lowest BCUT2D eigenvalue weighted by molar-refractivity contribution is -0.135. The highest BCUT2D eigenvalue weighted by Gasteiger charge is 2.19. The number of amides is 1. The van der Waals surface area contributed by atoms with Gasteiger partial charge in [0.25, 0.3) is 5.56 Å². The summed E-state index contributed by atoms with van der Waals surface area (Å²) in [5, 5.41) is 1.19. The molecule has 0 saturated carbocycles. The van der Waals surface area contributed by atoms with Crippen LogP contribution in [0.15, 0.2) is 53.3 Å². The minimum absolute atomic E-state index is 0.00393. The first-order valence-electron chi connectivity index (χ1n) is 8.45. The van der Waals surface area contributed by atoms with Crippen LogP contribution in [0.4, 0.5) is 0 Å². The van der Waals surface area contributed by atoms with Gasteiger partial charge in [0.05, 0.1) is 17.4 Å². The zero-order valence-corrected chi connectivity index (χ0v) is 15.5. The van der Waals surface area contributed by atoms with Gasteiger partial charge in [-0.05, 0) is 29.8 Å². The van der Waals surface area contributed by atoms with E-state index in [0.717, 1.165) is 5.56 Å². The summed E-state index contributed by atoms with van der Waals surface area (Å²) >= 11 is 5.93. The maximum absolute atomic E-state index is 12.6. The third-order valence-electron chi connectivity index (χ3n) is 4.09. The highest BCUT2D eigenvalue weighted by atomic mass is 35.5. The van der Waals surface area contributed by atoms with E-state index in [1.54, 1.807) is 35.2 Å². The Hall–Kier alpha value is -2.66. The molecule has 0 aliphatic heterocycles. The van der Waals surface area contributed by atoms with Crippen LogP contribution in [0.3, 0.4) is 0 Å². The Bertz CT molecular complexity index is 980. The Morgan fingerprint density at radius 1 is 1.12 bits per heavy atom. The molecular formula is C20H20ClN3O2. The summed E-state index contributed by atoms with van der Waals surface area (Å²) in [6, 6.07) is 14.5. The molecule has 0 radical (unpaired) electrons. The SMILES string of the molecule is CC(C)C(=O)N(Cc1ccc(Cl)cc1)Cc1nc2ccccc2c(=O)[nH]1. The molecule has 0 unspecified atom stereocenters. The van der Waals surface area contributed by atoms with Gasteiger partial charge in [0.2, 0.25) is 5.91 Å². The number of carbonyl (C=O) groups is 1. The fourth-order valence-electron chi connectivity index (χ4n) is 2.78. The van der Waals surface area contributed by atoms with E-state index in [2.05, 4.69) is 9.97 Å². The molecule has 0 atom stereocenters. The number of carbonyl (C=O) groups excluding carboxylic acids is 1. The van der Waals surface area contributed by atoms with Gasteiger partial charge in [-0.1, -0.05) is 49.7 Å². The molecule has 26 heavy (non-hydrogen) atoms. The maximum Gasteiger partial charge on any atom is 0.258 e. The molecule has 0 aliphatic rings. The second kappa shape index (κ2) is 7.70. The molecule has 0 fully saturated rings. The number of hydrogen-bond acceptors (Lipinski definition) is 3. The minimum Gasteiger partial charge on any atom is -0.331 e. The number of nitrogens with one attached hydrogen (secondary N) is 1. The summed E-state index contributed by atoms with van der Waals surface area (Å²) in [7, 11) is 0. The number of aromatic amines is 1. The van der Waals surface area contributed by atoms with Gasteiger partial charge >= 0.3 is 0 Å². The Kier molecular flexibility index (Phi) is 5.38. The number of fused-ring (bicyclic) bond motifs is 1. The third-order valence-corrected chi connectivity index (χ3v) is 4.35. The standard InChI is InChI=1S/C20H20ClN3O2/c1-13(2)20(26)24(11-14-7-9-15(21)10-8-14)12-18-22-17-6-4-3-5-16(17)19(25)23-18/h3-10,13H,11-12H2,1-2H3,(H,22,23,25). The van der Waals surface area contributed by atoms with E-state index in [0.29, 0.717) is 28.3 Å². The van der Waals surface area contributed by atoms with Crippen molar-refractivity contribution in [1.82, 2.24) is 14.9 Å². The Morgan fingerprint density at radius 3 is 2.50 bits per heavy atom. The van der Waals surface area contributed by atoms with E-state index in [4.69, 9.17) is 11.6 Å². The highest BCUT2D eigenvalue weighted by molar-refractivity contribution is 6.30. The lowest BCUT2D eigenvalue weighted by Crippen LogP contribution is -2.34. The van der Waals surface area contributed by atoms with Crippen LogP contribution in [0, 0.1) is 5.92 Å². The van der Waals surface area contributed by atoms with Gasteiger partial charge in [0.15, 0.2) is 0 Å². The summed E-state index contributed by atoms with van der Waals surface area (Å²) in [6.07, 6.45) is 0. The van der Waals surface area contributed by atoms with Crippen LogP contribution in [0.2, 0.25) is 5.02 Å². The van der Waals surface area contributed by atoms with Crippen molar-refractivity contribution >= 4 is 28.4 Å². The number of benzene rings is 2. The van der Waals surface area contributed by atoms with Gasteiger partial charge in [-0.25, -0.2) is 4.98 Å². The summed E-state index contributed by atoms with van der Waals surface area (Å²) < 4.78 is 0. The molecule has 1 heterocycles. The quantitative estimate of drug-likeness (QED) is 0.744. The van der Waals surface area contributed by atoms with Gasteiger partial charge in [0.1, 0.15) is 5.82 Å². The molecule has 1 N–H and O–H groups in total. The molecule has 0 saturated heterocycles. The first kappa shape index (κ1) is 18.1. The number of para-hydroxylation sites is 1. The summed E-state index contributed by atoms with van der Waals surface area (Å²) in [5.74, 6) is 0.307. The van der Waals surface area contributed by atoms with Crippen molar-refractivity contribution in [3.8, 4) is 0 Å². The summed E-state index contributed by atoms with van der Waals surface area (Å²) in [4.78, 5) is 33.9. The monoisotopic (exact) mass is 369 g/mol. The van der Waals surface area contributed by atoms with E-state index in [1.165, 1.54) is 0 Å². The Balaban J connectivity index is 1.91. The minimum atomic E-state index is -0.200. The molecule has 1 aromatic heterocycles. The van der Waals surface area contributed by atoms with Gasteiger partial charge in [0, 0.05) is 17.5 Å². The molecule has 6 heteroatoms. The van der Waals surface area contributed by atoms with E-state index in [1.807, 2.05) is 32.0 Å². The van der Waals surface area contributed by atoms with Crippen molar-refractivity contribution in [3.63, 3.8) is 0 Å². The molecular weight excluding hydrogens is 350 g/mol. The van der Waals surface area contributed by atoms with Crippen LogP contribution in [-0.2, 0) is 17.9 Å². The number of hydrogen-bond donors (Lipinski definition) is 1. The number of aromatic nitrogens is 2. The van der Waals surface area contributed by atoms with Crippen molar-refractivity contribution in [1.29, 1.82) is 0 Å². The van der Waals surface area contributed by atoms with Crippen LogP contribution < -0.4 is 5.56 Å². The first-order chi connectivity index (χ1) is 12.4. The topological polar surface area (TPSA) is 66.1 Å². The fraction of sp³-hybridized carbons (Fsp3) is 0.250. The van der Waals surface area contributed by atoms with Crippen molar-refractivity contribution in [2.24, 2.45) is 5.92 Å². The molecule has 3 aromatic rings. The number of halogens is 1. The zero-order chi connectivity index (χ0) is 18.7. The Morgan fingerprint density at radius 2 is 1.81 bits per heavy atom. The molecule has 0 bridgehead atoms. The van der Waals surface area contributed by atoms with Crippen molar-refractivity contribution < 1.29 is 4.79 Å². The molecule has 3 rings (SSSR count). The molecule has 5 nitrogen and oxygen atoms in total. The molecule has 0 aliphatic carbocycles. The van der Waals surface area contributed by atoms with Gasteiger partial charge in [-0.15, -0.1) is 0 Å². The van der Waals surface area contributed by atoms with E-state index >= 15 is 0 Å². The van der Waals surface area contributed by atoms with Crippen molar-refractivity contribution in [3.05, 3.63) is 75.3 Å². The van der Waals surface area contributed by atoms with E-state index < -0.39 is 0 Å². The van der Waals surface area contributed by atoms with Crippen LogP contribution in [0.5, 0.6) is 0 Å². The second-order valence-electron chi connectivity index (χ2n) is 6.51. The van der Waals surface area contributed by atoms with Crippen LogP contribution in [0.1, 0.15) is 25.2 Å². The highest BCUT2D eigenvalue weighted by Crippen LogP contribution is 2.15. The largest absolute Gasteiger partial charge is 0.331 e. The molecule has 2 aromatic carbocycles. The predicted octanol–water partition coefficient (Wildman–Crippen LogP) is 3.76. The molecule has 1 amide bonds. The third kappa shape index (κ3) is 4.11. The first-order valence-corrected chi connectivity index (χ1v) is 8.83. The van der Waals surface area contributed by atoms with Crippen LogP contribution in [-0.4, -0.2) is 20.8 Å². The van der Waals surface area contributed by atoms with Crippen molar-refractivity contribution in [2.75, 3.05) is 0 Å². The van der Waals surface area contributed by atoms with Crippen LogP contribution >= 0.6 is 11.6 Å². The molecule has 0 spiro atoms. The smallest absolute Gasteiger partial charge is 0.258 e. The lowest BCUT2D eigenvalue weighted by atomic mass is 10.1. The average Bonchev–Trinajstić information content (AvgIpc) is 2.62. The lowest BCUT2D eigenvalue weighted by Gasteiger charge is -2.24. The van der Waals surface area contributed by atoms with E-state index in [9.17, 15) is 9.59 Å². The normalized spacial score (nSPS) is 11.1. The zero-order valence-electron chi connectivity index (χ0n) is 14.7. The number of H-pyrrole nitrogens is 1. The predicted molar refractivity (Wildman–Crippen MR) is 103 cm³/mol. The summed E-state index contributed by atoms with van der Waals surface area (Å²) in [5.41, 5.74) is 1.38. The van der Waals surface area contributed by atoms with Gasteiger partial charge < -0.3 is 9.88 Å². The van der Waals surface area contributed by atoms with Crippen molar-refractivity contribution in [2.45, 2.75) is 26.9 Å². The average molecular weight is 370 g/mol. The van der Waals surface area contributed by atoms with E-state index in [-0.39, 0.29) is 23.9 Å².